The van der Waals surface area contributed by atoms with Gasteiger partial charge in [0.2, 0.25) is 0 Å². The molecule has 7 rings (SSSR count). The Morgan fingerprint density at radius 3 is 3.04 bits per heavy atom. The molecule has 5 nitrogen and oxygen atoms in total. The number of carbonyl (C=O) groups is 1. The van der Waals surface area contributed by atoms with Crippen LogP contribution < -0.4 is 4.74 Å². The van der Waals surface area contributed by atoms with Gasteiger partial charge in [-0.05, 0) is 31.2 Å². The molecule has 3 aliphatic heterocycles. The van der Waals surface area contributed by atoms with Crippen LogP contribution >= 0.6 is 0 Å². The van der Waals surface area contributed by atoms with Crippen molar-refractivity contribution < 1.29 is 14.6 Å². The van der Waals surface area contributed by atoms with Gasteiger partial charge in [0.15, 0.2) is 23.4 Å². The van der Waals surface area contributed by atoms with E-state index < -0.39 is 6.10 Å². The maximum atomic E-state index is 12.8. The number of hydrogen-bond acceptors (Lipinski definition) is 5. The summed E-state index contributed by atoms with van der Waals surface area (Å²) in [5, 5.41) is 10.3. The highest BCUT2D eigenvalue weighted by Crippen LogP contribution is 2.80. The predicted octanol–water partition coefficient (Wildman–Crippen LogP) is 1.49. The van der Waals surface area contributed by atoms with Crippen molar-refractivity contribution in [1.29, 1.82) is 0 Å². The van der Waals surface area contributed by atoms with Crippen molar-refractivity contribution in [3.63, 3.8) is 0 Å². The third-order valence-corrected chi connectivity index (χ3v) is 8.11. The molecule has 0 aromatic heterocycles. The van der Waals surface area contributed by atoms with Crippen LogP contribution in [0.3, 0.4) is 0 Å². The summed E-state index contributed by atoms with van der Waals surface area (Å²) >= 11 is 0. The minimum absolute atomic E-state index is 0.105. The quantitative estimate of drug-likeness (QED) is 0.828. The number of fused-ring (bicyclic) bond motifs is 1. The smallest absolute Gasteiger partial charge is 0.174 e. The first-order valence-electron chi connectivity index (χ1n) is 9.69. The molecule has 5 heteroatoms. The van der Waals surface area contributed by atoms with Gasteiger partial charge in [0.1, 0.15) is 0 Å². The molecule has 3 unspecified atom stereocenters. The van der Waals surface area contributed by atoms with Gasteiger partial charge in [0, 0.05) is 37.0 Å². The molecule has 3 aliphatic carbocycles. The summed E-state index contributed by atoms with van der Waals surface area (Å²) in [4.78, 5) is 18.1. The average Bonchev–Trinajstić information content (AvgIpc) is 3.47. The summed E-state index contributed by atoms with van der Waals surface area (Å²) in [6, 6.07) is 6.32. The van der Waals surface area contributed by atoms with Gasteiger partial charge in [-0.3, -0.25) is 14.6 Å². The number of rotatable bonds is 2. The van der Waals surface area contributed by atoms with E-state index in [-0.39, 0.29) is 22.5 Å². The molecule has 1 N–H and O–H groups in total. The number of para-hydroxylation sites is 1. The van der Waals surface area contributed by atoms with E-state index in [2.05, 4.69) is 15.9 Å². The second kappa shape index (κ2) is 3.89. The number of nitrogens with zero attached hydrogens (tertiary/aromatic N) is 2. The zero-order valence-electron chi connectivity index (χ0n) is 14.1. The SMILES string of the molecule is O=C1CC[C@]23C4[C@@H](CN(CC5CC5)CN42)[C@]32c3cccc(O)c3OC12. The molecular formula is C20H22N2O3. The molecule has 25 heavy (non-hydrogen) atoms. The Kier molecular flexibility index (Phi) is 2.11. The predicted molar refractivity (Wildman–Crippen MR) is 89.5 cm³/mol. The fourth-order valence-corrected chi connectivity index (χ4v) is 7.17. The van der Waals surface area contributed by atoms with Gasteiger partial charge < -0.3 is 9.84 Å². The standard InChI is InChI=1S/C20H22N2O3/c23-14-3-1-2-12-16(14)25-18-15(24)6-7-19-17-13(20(12,18)19)9-21(10-22(17)19)8-11-4-5-11/h1-3,11,13,17-18,23H,4-10H2/t13-,17?,18?,19-,20+,22?/m1/s1. The molecule has 1 aromatic carbocycles. The number of carbonyl (C=O) groups excluding carboxylic acids is 1. The molecular weight excluding hydrogens is 316 g/mol. The summed E-state index contributed by atoms with van der Waals surface area (Å²) < 4.78 is 6.16. The molecule has 3 saturated carbocycles. The number of phenolic OH excluding ortho intramolecular Hbond substituents is 1. The van der Waals surface area contributed by atoms with Crippen LogP contribution in [0.4, 0.5) is 0 Å². The van der Waals surface area contributed by atoms with Crippen molar-refractivity contribution >= 4 is 5.78 Å². The van der Waals surface area contributed by atoms with E-state index in [4.69, 9.17) is 4.74 Å². The lowest BCUT2D eigenvalue weighted by Crippen LogP contribution is -2.71. The van der Waals surface area contributed by atoms with Crippen LogP contribution in [0.2, 0.25) is 0 Å². The highest BCUT2D eigenvalue weighted by atomic mass is 16.5. The normalized spacial score (nSPS) is 48.6. The second-order valence-corrected chi connectivity index (χ2v) is 9.05. The second-order valence-electron chi connectivity index (χ2n) is 9.05. The molecule has 0 bridgehead atoms. The van der Waals surface area contributed by atoms with E-state index in [0.29, 0.717) is 24.1 Å². The number of ether oxygens (including phenoxy) is 1. The van der Waals surface area contributed by atoms with E-state index in [1.807, 2.05) is 6.07 Å². The van der Waals surface area contributed by atoms with E-state index >= 15 is 0 Å². The summed E-state index contributed by atoms with van der Waals surface area (Å²) in [5.41, 5.74) is 0.982. The first kappa shape index (κ1) is 13.6. The monoisotopic (exact) mass is 338 g/mol. The molecule has 2 saturated heterocycles. The minimum atomic E-state index is -0.392. The van der Waals surface area contributed by atoms with Gasteiger partial charge in [0.25, 0.3) is 0 Å². The Hall–Kier alpha value is -1.59. The van der Waals surface area contributed by atoms with E-state index in [0.717, 1.165) is 31.1 Å². The molecule has 2 spiro atoms. The van der Waals surface area contributed by atoms with Gasteiger partial charge in [0.05, 0.1) is 17.6 Å². The van der Waals surface area contributed by atoms with Crippen LogP contribution in [-0.4, -0.2) is 58.1 Å². The lowest BCUT2D eigenvalue weighted by Gasteiger charge is -2.56. The van der Waals surface area contributed by atoms with Gasteiger partial charge in [-0.15, -0.1) is 0 Å². The number of aromatic hydroxyl groups is 1. The number of ketones is 1. The highest BCUT2D eigenvalue weighted by Gasteiger charge is 2.93. The number of benzene rings is 1. The van der Waals surface area contributed by atoms with Crippen molar-refractivity contribution in [1.82, 2.24) is 9.80 Å². The van der Waals surface area contributed by atoms with Gasteiger partial charge >= 0.3 is 0 Å². The molecule has 6 atom stereocenters. The molecule has 130 valence electrons. The molecule has 3 heterocycles. The Labute approximate surface area is 146 Å². The van der Waals surface area contributed by atoms with Crippen LogP contribution in [0.25, 0.3) is 0 Å². The number of Topliss-reactive ketones (excluding diaryl/α,β-unsaturated/α-hetero) is 1. The van der Waals surface area contributed by atoms with E-state index in [9.17, 15) is 9.90 Å². The Morgan fingerprint density at radius 1 is 1.32 bits per heavy atom. The van der Waals surface area contributed by atoms with Crippen molar-refractivity contribution in [2.24, 2.45) is 11.8 Å². The van der Waals surface area contributed by atoms with Crippen LogP contribution in [0.15, 0.2) is 18.2 Å². The first-order chi connectivity index (χ1) is 12.2. The third-order valence-electron chi connectivity index (χ3n) is 8.11. The fourth-order valence-electron chi connectivity index (χ4n) is 7.17. The van der Waals surface area contributed by atoms with Gasteiger partial charge in [-0.1, -0.05) is 12.1 Å². The Balaban J connectivity index is 1.39. The van der Waals surface area contributed by atoms with Gasteiger partial charge in [-0.25, -0.2) is 0 Å². The Bertz CT molecular complexity index is 836. The topological polar surface area (TPSA) is 52.8 Å². The molecule has 0 amide bonds. The Morgan fingerprint density at radius 2 is 2.20 bits per heavy atom. The highest BCUT2D eigenvalue weighted by molar-refractivity contribution is 5.91. The maximum Gasteiger partial charge on any atom is 0.174 e. The molecule has 6 aliphatic rings. The lowest BCUT2D eigenvalue weighted by atomic mass is 9.44. The molecule has 0 radical (unpaired) electrons. The van der Waals surface area contributed by atoms with E-state index in [1.54, 1.807) is 6.07 Å². The van der Waals surface area contributed by atoms with E-state index in [1.165, 1.54) is 19.4 Å². The fraction of sp³-hybridized carbons (Fsp3) is 0.650. The van der Waals surface area contributed by atoms with Crippen molar-refractivity contribution in [2.45, 2.75) is 48.8 Å². The third kappa shape index (κ3) is 1.25. The summed E-state index contributed by atoms with van der Waals surface area (Å²) in [6.07, 6.45) is 3.93. The van der Waals surface area contributed by atoms with Crippen LogP contribution in [0.5, 0.6) is 11.5 Å². The maximum absolute atomic E-state index is 12.8. The summed E-state index contributed by atoms with van der Waals surface area (Å²) in [6.45, 7) is 3.33. The van der Waals surface area contributed by atoms with Crippen molar-refractivity contribution in [3.8, 4) is 11.5 Å². The van der Waals surface area contributed by atoms with Crippen LogP contribution in [-0.2, 0) is 10.2 Å². The zero-order valence-corrected chi connectivity index (χ0v) is 14.1. The number of phenols is 1. The van der Waals surface area contributed by atoms with Crippen molar-refractivity contribution in [2.75, 3.05) is 19.8 Å². The van der Waals surface area contributed by atoms with Crippen LogP contribution in [0.1, 0.15) is 31.2 Å². The molecule has 1 aromatic rings. The zero-order chi connectivity index (χ0) is 16.6. The van der Waals surface area contributed by atoms with Crippen LogP contribution in [0, 0.1) is 11.8 Å². The number of hydrogen-bond donors (Lipinski definition) is 1. The molecule has 5 fully saturated rings. The summed E-state index contributed by atoms with van der Waals surface area (Å²) in [7, 11) is 0. The lowest BCUT2D eigenvalue weighted by molar-refractivity contribution is -0.138. The first-order valence-corrected chi connectivity index (χ1v) is 9.69. The minimum Gasteiger partial charge on any atom is -0.504 e. The summed E-state index contributed by atoms with van der Waals surface area (Å²) in [5.74, 6) is 2.34. The van der Waals surface area contributed by atoms with Gasteiger partial charge in [-0.2, -0.15) is 0 Å². The average molecular weight is 338 g/mol. The van der Waals surface area contributed by atoms with Crippen molar-refractivity contribution in [3.05, 3.63) is 23.8 Å². The largest absolute Gasteiger partial charge is 0.504 e.